The summed E-state index contributed by atoms with van der Waals surface area (Å²) in [5.74, 6) is 0. The fraction of sp³-hybridized carbons (Fsp3) is 0. The molecule has 0 unspecified atom stereocenters. The third-order valence-corrected chi connectivity index (χ3v) is 0. The molecular formula is CH2CuLiN. The van der Waals surface area contributed by atoms with Crippen LogP contribution in [-0.4, -0.2) is 18.9 Å². The van der Waals surface area contributed by atoms with Crippen molar-refractivity contribution in [1.29, 1.82) is 5.26 Å². The summed E-state index contributed by atoms with van der Waals surface area (Å²) in [6.45, 7) is 3.50. The topological polar surface area (TPSA) is 23.8 Å². The van der Waals surface area contributed by atoms with E-state index in [4.69, 9.17) is 5.26 Å². The zero-order chi connectivity index (χ0) is 2.00. The van der Waals surface area contributed by atoms with Gasteiger partial charge in [0.05, 0.1) is 0 Å². The fourth-order valence-electron chi connectivity index (χ4n) is 0. The first-order valence-electron chi connectivity index (χ1n) is 0.258. The average molecular weight is 98.5 g/mol. The second kappa shape index (κ2) is 66.6. The van der Waals surface area contributed by atoms with Gasteiger partial charge in [-0.1, -0.05) is 0 Å². The first-order valence-corrected chi connectivity index (χ1v) is 0.258. The summed E-state index contributed by atoms with van der Waals surface area (Å²) >= 11 is 0. The van der Waals surface area contributed by atoms with Crippen molar-refractivity contribution in [1.82, 2.24) is 0 Å². The SMILES string of the molecule is C#N.[Cu].[LiH]. The van der Waals surface area contributed by atoms with Crippen LogP contribution in [-0.2, 0) is 17.1 Å². The molecule has 0 rings (SSSR count). The predicted octanol–water partition coefficient (Wildman–Crippen LogP) is -0.511. The third kappa shape index (κ3) is 18.3. The zero-order valence-corrected chi connectivity index (χ0v) is 2.27. The minimum atomic E-state index is 0. The number of hydrogen-bond donors (Lipinski definition) is 0. The van der Waals surface area contributed by atoms with E-state index in [0.29, 0.717) is 0 Å². The van der Waals surface area contributed by atoms with Gasteiger partial charge in [-0.05, 0) is 0 Å². The Morgan fingerprint density at radius 2 is 1.25 bits per heavy atom. The molecule has 0 fully saturated rings. The maximum atomic E-state index is 6.50. The van der Waals surface area contributed by atoms with Crippen molar-refractivity contribution in [2.45, 2.75) is 0 Å². The molecule has 0 bridgehead atoms. The van der Waals surface area contributed by atoms with E-state index >= 15 is 0 Å². The summed E-state index contributed by atoms with van der Waals surface area (Å²) in [5.41, 5.74) is 0. The normalized spacial score (nSPS) is 0.500. The van der Waals surface area contributed by atoms with Gasteiger partial charge in [0, 0.05) is 23.6 Å². The van der Waals surface area contributed by atoms with Crippen molar-refractivity contribution in [2.75, 3.05) is 0 Å². The minimum absolute atomic E-state index is 0. The standard InChI is InChI=1S/CHN.Cu.Li.H/c1-2;;;/h1H;;;. The Balaban J connectivity index is -0.00000000500. The van der Waals surface area contributed by atoms with Gasteiger partial charge in [0.1, 0.15) is 0 Å². The van der Waals surface area contributed by atoms with Gasteiger partial charge in [0.2, 0.25) is 0 Å². The van der Waals surface area contributed by atoms with Gasteiger partial charge in [-0.15, -0.1) is 0 Å². The number of hydrogen-bond acceptors (Lipinski definition) is 1. The molecular weight excluding hydrogens is 96.5 g/mol. The van der Waals surface area contributed by atoms with E-state index in [1.807, 2.05) is 0 Å². The molecule has 3 heteroatoms. The summed E-state index contributed by atoms with van der Waals surface area (Å²) in [6.07, 6.45) is 0. The van der Waals surface area contributed by atoms with E-state index in [0.717, 1.165) is 0 Å². The van der Waals surface area contributed by atoms with Gasteiger partial charge >= 0.3 is 18.9 Å². The van der Waals surface area contributed by atoms with Gasteiger partial charge < -0.3 is 0 Å². The molecule has 0 aromatic rings. The average Bonchev–Trinajstić information content (AvgIpc) is 1.00. The molecule has 0 aliphatic rings. The van der Waals surface area contributed by atoms with Crippen LogP contribution in [0.2, 0.25) is 0 Å². The molecule has 0 spiro atoms. The molecule has 0 aromatic carbocycles. The van der Waals surface area contributed by atoms with Crippen molar-refractivity contribution in [3.63, 3.8) is 0 Å². The zero-order valence-electron chi connectivity index (χ0n) is 1.33. The van der Waals surface area contributed by atoms with E-state index in [-0.39, 0.29) is 35.9 Å². The van der Waals surface area contributed by atoms with Crippen LogP contribution in [0.3, 0.4) is 0 Å². The molecule has 0 amide bonds. The van der Waals surface area contributed by atoms with Gasteiger partial charge in [0.25, 0.3) is 0 Å². The van der Waals surface area contributed by atoms with Crippen LogP contribution in [0.25, 0.3) is 0 Å². The van der Waals surface area contributed by atoms with Crippen LogP contribution >= 0.6 is 0 Å². The van der Waals surface area contributed by atoms with E-state index in [1.54, 1.807) is 0 Å². The van der Waals surface area contributed by atoms with Crippen LogP contribution < -0.4 is 0 Å². The monoisotopic (exact) mass is 98.0 g/mol. The van der Waals surface area contributed by atoms with Crippen LogP contribution in [0.5, 0.6) is 0 Å². The Bertz CT molecular complexity index is 12.8. The summed E-state index contributed by atoms with van der Waals surface area (Å²) < 4.78 is 0. The molecule has 0 N–H and O–H groups in total. The van der Waals surface area contributed by atoms with Crippen molar-refractivity contribution in [3.05, 3.63) is 0 Å². The van der Waals surface area contributed by atoms with Crippen LogP contribution in [0.15, 0.2) is 0 Å². The fourth-order valence-corrected chi connectivity index (χ4v) is 0. The van der Waals surface area contributed by atoms with Crippen LogP contribution in [0, 0.1) is 11.8 Å². The second-order valence-corrected chi connectivity index (χ2v) is 0. The van der Waals surface area contributed by atoms with E-state index < -0.39 is 0 Å². The van der Waals surface area contributed by atoms with Crippen molar-refractivity contribution in [3.8, 4) is 6.57 Å². The number of rotatable bonds is 0. The Morgan fingerprint density at radius 1 is 1.25 bits per heavy atom. The van der Waals surface area contributed by atoms with Gasteiger partial charge in [-0.25, -0.2) is 5.26 Å². The van der Waals surface area contributed by atoms with Crippen LogP contribution in [0.4, 0.5) is 0 Å². The van der Waals surface area contributed by atoms with E-state index in [9.17, 15) is 0 Å². The predicted molar refractivity (Wildman–Crippen MR) is 13.8 cm³/mol. The summed E-state index contributed by atoms with van der Waals surface area (Å²) in [5, 5.41) is 6.50. The molecule has 4 heavy (non-hydrogen) atoms. The maximum absolute atomic E-state index is 6.50. The van der Waals surface area contributed by atoms with Crippen molar-refractivity contribution >= 4 is 18.9 Å². The Labute approximate surface area is 48.0 Å². The van der Waals surface area contributed by atoms with Gasteiger partial charge in [0.15, 0.2) is 0 Å². The quantitative estimate of drug-likeness (QED) is 0.375. The van der Waals surface area contributed by atoms with Gasteiger partial charge in [-0.2, -0.15) is 0 Å². The second-order valence-electron chi connectivity index (χ2n) is 0. The van der Waals surface area contributed by atoms with Crippen molar-refractivity contribution in [2.24, 2.45) is 0 Å². The molecule has 0 aromatic heterocycles. The van der Waals surface area contributed by atoms with E-state index in [1.165, 1.54) is 0 Å². The molecule has 0 saturated heterocycles. The Morgan fingerprint density at radius 3 is 1.25 bits per heavy atom. The Hall–Kier alpha value is 0.607. The molecule has 0 heterocycles. The molecule has 23 valence electrons. The first-order chi connectivity index (χ1) is 1.00. The van der Waals surface area contributed by atoms with Gasteiger partial charge in [-0.3, -0.25) is 0 Å². The van der Waals surface area contributed by atoms with E-state index in [2.05, 4.69) is 6.57 Å². The summed E-state index contributed by atoms with van der Waals surface area (Å²) in [6, 6.07) is 0. The molecule has 1 radical (unpaired) electrons. The van der Waals surface area contributed by atoms with Crippen molar-refractivity contribution < 1.29 is 17.1 Å². The summed E-state index contributed by atoms with van der Waals surface area (Å²) in [4.78, 5) is 0. The summed E-state index contributed by atoms with van der Waals surface area (Å²) in [7, 11) is 0. The molecule has 0 saturated carbocycles. The molecule has 1 nitrogen and oxygen atoms in total. The first kappa shape index (κ1) is 23.2. The molecule has 0 atom stereocenters. The number of nitrogens with zero attached hydrogens (tertiary/aromatic N) is 1. The Kier molecular flexibility index (Phi) is 386. The third-order valence-electron chi connectivity index (χ3n) is 0. The number of nitriles is 1. The molecule has 0 aliphatic carbocycles. The van der Waals surface area contributed by atoms with Crippen LogP contribution in [0.1, 0.15) is 0 Å². The molecule has 0 aliphatic heterocycles.